The van der Waals surface area contributed by atoms with Crippen molar-refractivity contribution in [1.82, 2.24) is 9.78 Å². The van der Waals surface area contributed by atoms with Gasteiger partial charge in [0.05, 0.1) is 5.69 Å². The maximum atomic E-state index is 13.9. The quantitative estimate of drug-likeness (QED) is 0.947. The second-order valence-electron chi connectivity index (χ2n) is 5.70. The number of rotatable bonds is 3. The number of aromatic nitrogens is 2. The number of hydrogen-bond donors (Lipinski definition) is 1. The highest BCUT2D eigenvalue weighted by Gasteiger charge is 2.43. The van der Waals surface area contributed by atoms with Crippen molar-refractivity contribution in [2.75, 3.05) is 0 Å². The monoisotopic (exact) mass is 300 g/mol. The van der Waals surface area contributed by atoms with E-state index >= 15 is 0 Å². The Morgan fingerprint density at radius 2 is 2.18 bits per heavy atom. The first-order chi connectivity index (χ1) is 10.5. The van der Waals surface area contributed by atoms with Crippen molar-refractivity contribution < 1.29 is 14.3 Å². The zero-order valence-corrected chi connectivity index (χ0v) is 12.5. The Hall–Kier alpha value is -2.43. The van der Waals surface area contributed by atoms with Crippen LogP contribution in [0.25, 0.3) is 5.57 Å². The van der Waals surface area contributed by atoms with Gasteiger partial charge in [0, 0.05) is 13.2 Å². The SMILES string of the molecule is Cc1c(F)cccc1[C@@]1(C(=O)O)C=C(c2ccnn2C)CC1. The molecule has 0 aliphatic heterocycles. The second-order valence-corrected chi connectivity index (χ2v) is 5.70. The summed E-state index contributed by atoms with van der Waals surface area (Å²) >= 11 is 0. The molecule has 0 spiro atoms. The Kier molecular flexibility index (Phi) is 3.35. The molecule has 1 N–H and O–H groups in total. The minimum absolute atomic E-state index is 0.375. The molecule has 1 heterocycles. The van der Waals surface area contributed by atoms with Crippen LogP contribution in [0, 0.1) is 12.7 Å². The summed E-state index contributed by atoms with van der Waals surface area (Å²) in [6.45, 7) is 1.63. The second kappa shape index (κ2) is 5.09. The number of allylic oxidation sites excluding steroid dienone is 1. The summed E-state index contributed by atoms with van der Waals surface area (Å²) < 4.78 is 15.6. The number of nitrogens with zero attached hydrogens (tertiary/aromatic N) is 2. The van der Waals surface area contributed by atoms with Gasteiger partial charge in [-0.1, -0.05) is 18.2 Å². The predicted octanol–water partition coefficient (Wildman–Crippen LogP) is 3.07. The van der Waals surface area contributed by atoms with E-state index in [2.05, 4.69) is 5.10 Å². The van der Waals surface area contributed by atoms with Crippen molar-refractivity contribution >= 4 is 11.5 Å². The van der Waals surface area contributed by atoms with Crippen LogP contribution in [0.4, 0.5) is 4.39 Å². The fourth-order valence-corrected chi connectivity index (χ4v) is 3.25. The van der Waals surface area contributed by atoms with Gasteiger partial charge in [-0.3, -0.25) is 9.48 Å². The van der Waals surface area contributed by atoms with Crippen molar-refractivity contribution in [3.63, 3.8) is 0 Å². The van der Waals surface area contributed by atoms with Crippen LogP contribution in [-0.4, -0.2) is 20.9 Å². The van der Waals surface area contributed by atoms with Crippen molar-refractivity contribution in [2.24, 2.45) is 7.05 Å². The third-order valence-corrected chi connectivity index (χ3v) is 4.49. The first kappa shape index (κ1) is 14.5. The topological polar surface area (TPSA) is 55.1 Å². The molecule has 0 saturated carbocycles. The van der Waals surface area contributed by atoms with E-state index in [0.29, 0.717) is 24.0 Å². The Morgan fingerprint density at radius 1 is 1.41 bits per heavy atom. The molecular formula is C17H17FN2O2. The number of hydrogen-bond acceptors (Lipinski definition) is 2. The van der Waals surface area contributed by atoms with Crippen molar-refractivity contribution in [2.45, 2.75) is 25.2 Å². The molecule has 0 radical (unpaired) electrons. The van der Waals surface area contributed by atoms with Crippen LogP contribution in [-0.2, 0) is 17.3 Å². The van der Waals surface area contributed by atoms with Gasteiger partial charge in [-0.05, 0) is 48.6 Å². The maximum Gasteiger partial charge on any atom is 0.318 e. The lowest BCUT2D eigenvalue weighted by atomic mass is 9.78. The minimum atomic E-state index is -1.17. The molecule has 1 aliphatic carbocycles. The van der Waals surface area contributed by atoms with Crippen molar-refractivity contribution in [3.05, 3.63) is 59.2 Å². The molecule has 0 unspecified atom stereocenters. The summed E-state index contributed by atoms with van der Waals surface area (Å²) in [5.74, 6) is -1.32. The van der Waals surface area contributed by atoms with Crippen LogP contribution in [0.2, 0.25) is 0 Å². The Balaban J connectivity index is 2.16. The maximum absolute atomic E-state index is 13.9. The van der Waals surface area contributed by atoms with Gasteiger partial charge in [0.1, 0.15) is 11.2 Å². The highest BCUT2D eigenvalue weighted by molar-refractivity contribution is 5.89. The molecule has 4 nitrogen and oxygen atoms in total. The molecule has 0 amide bonds. The normalized spacial score (nSPS) is 21.0. The van der Waals surface area contributed by atoms with Gasteiger partial charge < -0.3 is 5.11 Å². The van der Waals surface area contributed by atoms with Gasteiger partial charge in [0.15, 0.2) is 0 Å². The van der Waals surface area contributed by atoms with Gasteiger partial charge in [0.25, 0.3) is 0 Å². The molecule has 1 aromatic carbocycles. The summed E-state index contributed by atoms with van der Waals surface area (Å²) in [5.41, 5.74) is 1.58. The number of halogens is 1. The molecule has 0 saturated heterocycles. The van der Waals surface area contributed by atoms with E-state index < -0.39 is 11.4 Å². The number of benzene rings is 1. The van der Waals surface area contributed by atoms with E-state index in [1.807, 2.05) is 13.1 Å². The molecule has 1 aliphatic rings. The number of aryl methyl sites for hydroxylation is 1. The molecule has 1 aromatic heterocycles. The molecule has 0 fully saturated rings. The predicted molar refractivity (Wildman–Crippen MR) is 80.9 cm³/mol. The number of carboxylic acid groups (broad SMARTS) is 1. The van der Waals surface area contributed by atoms with Crippen LogP contribution < -0.4 is 0 Å². The molecule has 1 atom stereocenters. The van der Waals surface area contributed by atoms with Crippen LogP contribution >= 0.6 is 0 Å². The van der Waals surface area contributed by atoms with E-state index in [0.717, 1.165) is 11.3 Å². The zero-order valence-electron chi connectivity index (χ0n) is 12.5. The van der Waals surface area contributed by atoms with Crippen LogP contribution in [0.3, 0.4) is 0 Å². The Labute approximate surface area is 127 Å². The zero-order chi connectivity index (χ0) is 15.9. The summed E-state index contributed by atoms with van der Waals surface area (Å²) in [6.07, 6.45) is 4.49. The summed E-state index contributed by atoms with van der Waals surface area (Å²) in [4.78, 5) is 12.0. The number of aliphatic carboxylic acids is 1. The van der Waals surface area contributed by atoms with Gasteiger partial charge in [-0.25, -0.2) is 4.39 Å². The standard InChI is InChI=1S/C17H17FN2O2/c1-11-13(4-3-5-14(11)18)17(16(21)22)8-6-12(10-17)15-7-9-19-20(15)2/h3-5,7,9-10H,6,8H2,1-2H3,(H,21,22)/t17-/m0/s1. The first-order valence-corrected chi connectivity index (χ1v) is 7.15. The Morgan fingerprint density at radius 3 is 2.82 bits per heavy atom. The molecule has 0 bridgehead atoms. The highest BCUT2D eigenvalue weighted by atomic mass is 19.1. The van der Waals surface area contributed by atoms with Gasteiger partial charge in [0.2, 0.25) is 0 Å². The van der Waals surface area contributed by atoms with E-state index in [1.54, 1.807) is 36.0 Å². The minimum Gasteiger partial charge on any atom is -0.480 e. The van der Waals surface area contributed by atoms with Gasteiger partial charge >= 0.3 is 5.97 Å². The largest absolute Gasteiger partial charge is 0.480 e. The van der Waals surface area contributed by atoms with Crippen LogP contribution in [0.15, 0.2) is 36.5 Å². The molecule has 114 valence electrons. The number of carboxylic acids is 1. The lowest BCUT2D eigenvalue weighted by Gasteiger charge is -2.24. The van der Waals surface area contributed by atoms with E-state index in [4.69, 9.17) is 0 Å². The molecule has 5 heteroatoms. The molecular weight excluding hydrogens is 283 g/mol. The average Bonchev–Trinajstić information content (AvgIpc) is 3.08. The van der Waals surface area contributed by atoms with Crippen molar-refractivity contribution in [3.8, 4) is 0 Å². The van der Waals surface area contributed by atoms with Crippen LogP contribution in [0.1, 0.15) is 29.7 Å². The molecule has 2 aromatic rings. The van der Waals surface area contributed by atoms with Gasteiger partial charge in [-0.15, -0.1) is 0 Å². The average molecular weight is 300 g/mol. The summed E-state index contributed by atoms with van der Waals surface area (Å²) in [5, 5.41) is 14.0. The summed E-state index contributed by atoms with van der Waals surface area (Å²) in [6, 6.07) is 6.49. The Bertz CT molecular complexity index is 779. The lowest BCUT2D eigenvalue weighted by Crippen LogP contribution is -2.32. The summed E-state index contributed by atoms with van der Waals surface area (Å²) in [7, 11) is 1.82. The fourth-order valence-electron chi connectivity index (χ4n) is 3.25. The highest BCUT2D eigenvalue weighted by Crippen LogP contribution is 2.44. The van der Waals surface area contributed by atoms with E-state index in [9.17, 15) is 14.3 Å². The van der Waals surface area contributed by atoms with Gasteiger partial charge in [-0.2, -0.15) is 5.10 Å². The smallest absolute Gasteiger partial charge is 0.318 e. The van der Waals surface area contributed by atoms with E-state index in [1.165, 1.54) is 6.07 Å². The molecule has 22 heavy (non-hydrogen) atoms. The number of carbonyl (C=O) groups is 1. The lowest BCUT2D eigenvalue weighted by molar-refractivity contribution is -0.141. The van der Waals surface area contributed by atoms with E-state index in [-0.39, 0.29) is 5.82 Å². The third kappa shape index (κ3) is 2.04. The third-order valence-electron chi connectivity index (χ3n) is 4.49. The van der Waals surface area contributed by atoms with Crippen molar-refractivity contribution in [1.29, 1.82) is 0 Å². The first-order valence-electron chi connectivity index (χ1n) is 7.15. The fraction of sp³-hybridized carbons (Fsp3) is 0.294. The molecule has 3 rings (SSSR count). The van der Waals surface area contributed by atoms with Crippen LogP contribution in [0.5, 0.6) is 0 Å².